The van der Waals surface area contributed by atoms with E-state index < -0.39 is 0 Å². The van der Waals surface area contributed by atoms with Gasteiger partial charge in [0.15, 0.2) is 0 Å². The van der Waals surface area contributed by atoms with Crippen LogP contribution in [-0.2, 0) is 0 Å². The summed E-state index contributed by atoms with van der Waals surface area (Å²) in [5.74, 6) is 1.11. The van der Waals surface area contributed by atoms with Crippen LogP contribution >= 0.6 is 23.1 Å². The molecular weight excluding hydrogens is 284 g/mol. The van der Waals surface area contributed by atoms with Crippen LogP contribution in [0.5, 0.6) is 0 Å². The molecule has 108 valence electrons. The van der Waals surface area contributed by atoms with Gasteiger partial charge in [0, 0.05) is 21.9 Å². The van der Waals surface area contributed by atoms with Gasteiger partial charge in [-0.2, -0.15) is 0 Å². The molecule has 0 aliphatic rings. The van der Waals surface area contributed by atoms with Gasteiger partial charge in [-0.15, -0.1) is 23.1 Å². The molecule has 1 heterocycles. The van der Waals surface area contributed by atoms with Crippen molar-refractivity contribution in [3.05, 3.63) is 35.3 Å². The van der Waals surface area contributed by atoms with E-state index in [1.807, 2.05) is 11.8 Å². The average molecular weight is 306 g/mol. The fourth-order valence-corrected chi connectivity index (χ4v) is 3.52. The first kappa shape index (κ1) is 15.5. The highest BCUT2D eigenvalue weighted by molar-refractivity contribution is 7.99. The van der Waals surface area contributed by atoms with E-state index in [-0.39, 0.29) is 0 Å². The molecule has 0 fully saturated rings. The van der Waals surface area contributed by atoms with Gasteiger partial charge in [0.25, 0.3) is 0 Å². The molecule has 0 bridgehead atoms. The second-order valence-corrected chi connectivity index (χ2v) is 6.91. The lowest BCUT2D eigenvalue weighted by Crippen LogP contribution is -2.19. The topological polar surface area (TPSA) is 24.9 Å². The van der Waals surface area contributed by atoms with Crippen molar-refractivity contribution in [3.63, 3.8) is 0 Å². The molecule has 0 saturated carbocycles. The van der Waals surface area contributed by atoms with Crippen molar-refractivity contribution in [3.8, 4) is 10.6 Å². The Labute approximate surface area is 130 Å². The maximum Gasteiger partial charge on any atom is 0.123 e. The zero-order chi connectivity index (χ0) is 14.4. The Balaban J connectivity index is 2.07. The quantitative estimate of drug-likeness (QED) is 0.730. The highest BCUT2D eigenvalue weighted by atomic mass is 32.2. The minimum Gasteiger partial charge on any atom is -0.309 e. The minimum absolute atomic E-state index is 0.329. The standard InChI is InChI=1S/C16H22N2S2/c1-4-10-17-12(3)15-11-20-16(18-15)13-6-8-14(9-7-13)19-5-2/h6-9,11-12,17H,4-5,10H2,1-3H3. The van der Waals surface area contributed by atoms with Crippen LogP contribution in [0, 0.1) is 0 Å². The highest BCUT2D eigenvalue weighted by Crippen LogP contribution is 2.28. The Kier molecular flexibility index (Phi) is 6.07. The number of hydrogen-bond donors (Lipinski definition) is 1. The lowest BCUT2D eigenvalue weighted by molar-refractivity contribution is 0.561. The number of rotatable bonds is 7. The molecule has 1 aromatic carbocycles. The van der Waals surface area contributed by atoms with Gasteiger partial charge in [-0.25, -0.2) is 4.98 Å². The lowest BCUT2D eigenvalue weighted by Gasteiger charge is -2.09. The van der Waals surface area contributed by atoms with Crippen molar-refractivity contribution in [2.45, 2.75) is 38.1 Å². The zero-order valence-electron chi connectivity index (χ0n) is 12.3. The Bertz CT molecular complexity index is 520. The van der Waals surface area contributed by atoms with Crippen molar-refractivity contribution in [1.29, 1.82) is 0 Å². The van der Waals surface area contributed by atoms with Gasteiger partial charge in [0.05, 0.1) is 5.69 Å². The average Bonchev–Trinajstić information content (AvgIpc) is 2.96. The molecule has 20 heavy (non-hydrogen) atoms. The van der Waals surface area contributed by atoms with Crippen molar-refractivity contribution in [1.82, 2.24) is 10.3 Å². The van der Waals surface area contributed by atoms with E-state index in [9.17, 15) is 0 Å². The Morgan fingerprint density at radius 1 is 1.25 bits per heavy atom. The van der Waals surface area contributed by atoms with Crippen LogP contribution in [0.4, 0.5) is 0 Å². The molecule has 1 aromatic heterocycles. The van der Waals surface area contributed by atoms with E-state index in [0.29, 0.717) is 6.04 Å². The molecule has 2 rings (SSSR count). The van der Waals surface area contributed by atoms with Crippen LogP contribution in [0.2, 0.25) is 0 Å². The molecule has 2 nitrogen and oxygen atoms in total. The summed E-state index contributed by atoms with van der Waals surface area (Å²) in [5.41, 5.74) is 2.36. The molecule has 0 saturated heterocycles. The van der Waals surface area contributed by atoms with E-state index in [2.05, 4.69) is 55.7 Å². The highest BCUT2D eigenvalue weighted by Gasteiger charge is 2.10. The van der Waals surface area contributed by atoms with Crippen LogP contribution in [0.15, 0.2) is 34.5 Å². The van der Waals surface area contributed by atoms with E-state index in [4.69, 9.17) is 4.98 Å². The van der Waals surface area contributed by atoms with E-state index in [1.165, 1.54) is 10.5 Å². The summed E-state index contributed by atoms with van der Waals surface area (Å²) in [7, 11) is 0. The fourth-order valence-electron chi connectivity index (χ4n) is 1.94. The van der Waals surface area contributed by atoms with Gasteiger partial charge in [-0.05, 0) is 37.8 Å². The third-order valence-electron chi connectivity index (χ3n) is 3.08. The molecule has 0 spiro atoms. The first-order chi connectivity index (χ1) is 9.74. The van der Waals surface area contributed by atoms with Crippen LogP contribution in [0.3, 0.4) is 0 Å². The Hall–Kier alpha value is -0.840. The fraction of sp³-hybridized carbons (Fsp3) is 0.438. The van der Waals surface area contributed by atoms with Gasteiger partial charge < -0.3 is 5.32 Å². The number of nitrogens with zero attached hydrogens (tertiary/aromatic N) is 1. The first-order valence-electron chi connectivity index (χ1n) is 7.16. The Morgan fingerprint density at radius 3 is 2.65 bits per heavy atom. The van der Waals surface area contributed by atoms with Crippen LogP contribution in [0.25, 0.3) is 10.6 Å². The van der Waals surface area contributed by atoms with Gasteiger partial charge >= 0.3 is 0 Å². The molecule has 1 unspecified atom stereocenters. The van der Waals surface area contributed by atoms with Crippen LogP contribution in [0.1, 0.15) is 38.9 Å². The molecule has 0 amide bonds. The lowest BCUT2D eigenvalue weighted by atomic mass is 10.2. The second kappa shape index (κ2) is 7.81. The first-order valence-corrected chi connectivity index (χ1v) is 9.03. The third kappa shape index (κ3) is 4.08. The summed E-state index contributed by atoms with van der Waals surface area (Å²) in [4.78, 5) is 6.08. The number of nitrogens with one attached hydrogen (secondary N) is 1. The molecule has 1 atom stereocenters. The van der Waals surface area contributed by atoms with Crippen molar-refractivity contribution < 1.29 is 0 Å². The number of hydrogen-bond acceptors (Lipinski definition) is 4. The van der Waals surface area contributed by atoms with Gasteiger partial charge in [0.2, 0.25) is 0 Å². The minimum atomic E-state index is 0.329. The van der Waals surface area contributed by atoms with Gasteiger partial charge in [-0.3, -0.25) is 0 Å². The molecule has 1 N–H and O–H groups in total. The summed E-state index contributed by atoms with van der Waals surface area (Å²) < 4.78 is 0. The van der Waals surface area contributed by atoms with E-state index in [0.717, 1.165) is 29.4 Å². The van der Waals surface area contributed by atoms with Crippen molar-refractivity contribution in [2.24, 2.45) is 0 Å². The predicted molar refractivity (Wildman–Crippen MR) is 90.7 cm³/mol. The predicted octanol–water partition coefficient (Wildman–Crippen LogP) is 4.98. The van der Waals surface area contributed by atoms with Gasteiger partial charge in [0.1, 0.15) is 5.01 Å². The Morgan fingerprint density at radius 2 is 2.00 bits per heavy atom. The van der Waals surface area contributed by atoms with Gasteiger partial charge in [-0.1, -0.05) is 26.0 Å². The summed E-state index contributed by atoms with van der Waals surface area (Å²) in [6, 6.07) is 9.04. The number of aromatic nitrogens is 1. The number of thioether (sulfide) groups is 1. The van der Waals surface area contributed by atoms with Crippen LogP contribution in [-0.4, -0.2) is 17.3 Å². The molecule has 0 aliphatic heterocycles. The van der Waals surface area contributed by atoms with Crippen LogP contribution < -0.4 is 5.32 Å². The normalized spacial score (nSPS) is 12.6. The van der Waals surface area contributed by atoms with E-state index in [1.54, 1.807) is 11.3 Å². The maximum absolute atomic E-state index is 4.76. The van der Waals surface area contributed by atoms with Crippen molar-refractivity contribution in [2.75, 3.05) is 12.3 Å². The molecule has 0 aliphatic carbocycles. The smallest absolute Gasteiger partial charge is 0.123 e. The molecule has 4 heteroatoms. The maximum atomic E-state index is 4.76. The SMILES string of the molecule is CCCNC(C)c1csc(-c2ccc(SCC)cc2)n1. The third-order valence-corrected chi connectivity index (χ3v) is 4.88. The largest absolute Gasteiger partial charge is 0.309 e. The number of benzene rings is 1. The summed E-state index contributed by atoms with van der Waals surface area (Å²) >= 11 is 3.60. The summed E-state index contributed by atoms with van der Waals surface area (Å²) in [6.07, 6.45) is 1.15. The molecule has 2 aromatic rings. The molecular formula is C16H22N2S2. The zero-order valence-corrected chi connectivity index (χ0v) is 14.0. The van der Waals surface area contributed by atoms with Crippen molar-refractivity contribution >= 4 is 23.1 Å². The second-order valence-electron chi connectivity index (χ2n) is 4.71. The number of thiazole rings is 1. The summed E-state index contributed by atoms with van der Waals surface area (Å²) in [5, 5.41) is 6.75. The monoisotopic (exact) mass is 306 g/mol. The summed E-state index contributed by atoms with van der Waals surface area (Å²) in [6.45, 7) is 7.57. The molecule has 0 radical (unpaired) electrons. The van der Waals surface area contributed by atoms with E-state index >= 15 is 0 Å².